The van der Waals surface area contributed by atoms with Crippen LogP contribution in [0, 0.1) is 5.92 Å². The van der Waals surface area contributed by atoms with Crippen molar-refractivity contribution < 1.29 is 19.0 Å². The first kappa shape index (κ1) is 16.3. The normalized spacial score (nSPS) is 15.8. The minimum Gasteiger partial charge on any atom is -0.490 e. The minimum absolute atomic E-state index is 0.0301. The van der Waals surface area contributed by atoms with Crippen molar-refractivity contribution in [1.29, 1.82) is 0 Å². The van der Waals surface area contributed by atoms with Crippen LogP contribution in [-0.4, -0.2) is 32.2 Å². The molecule has 1 aliphatic rings. The molecule has 0 aliphatic carbocycles. The molecule has 1 heterocycles. The van der Waals surface area contributed by atoms with Gasteiger partial charge in [0.1, 0.15) is 0 Å². The number of ether oxygens (including phenoxy) is 3. The van der Waals surface area contributed by atoms with Crippen LogP contribution in [0.15, 0.2) is 16.6 Å². The first-order valence-corrected chi connectivity index (χ1v) is 8.17. The number of ketones is 1. The smallest absolute Gasteiger partial charge is 0.167 e. The number of Topliss-reactive ketones (excluding diaryl/α,β-unsaturated/α-hetero) is 1. The van der Waals surface area contributed by atoms with E-state index in [4.69, 9.17) is 14.2 Å². The van der Waals surface area contributed by atoms with E-state index < -0.39 is 0 Å². The Morgan fingerprint density at radius 2 is 1.76 bits per heavy atom. The molecular formula is C16H21BrO4. The Hall–Kier alpha value is -1.07. The van der Waals surface area contributed by atoms with Gasteiger partial charge in [-0.25, -0.2) is 0 Å². The fraction of sp³-hybridized carbons (Fsp3) is 0.562. The third kappa shape index (κ3) is 3.98. The van der Waals surface area contributed by atoms with Gasteiger partial charge in [-0.2, -0.15) is 0 Å². The number of hydrogen-bond donors (Lipinski definition) is 0. The largest absolute Gasteiger partial charge is 0.490 e. The SMILES string of the molecule is CCOc1cc(Br)c(C(=O)C2CCOCC2)cc1OCC. The van der Waals surface area contributed by atoms with Crippen molar-refractivity contribution in [3.63, 3.8) is 0 Å². The summed E-state index contributed by atoms with van der Waals surface area (Å²) in [4.78, 5) is 12.7. The second-order valence-corrected chi connectivity index (χ2v) is 5.75. The molecule has 5 heteroatoms. The average Bonchev–Trinajstić information content (AvgIpc) is 2.50. The number of rotatable bonds is 6. The molecule has 0 atom stereocenters. The lowest BCUT2D eigenvalue weighted by molar-refractivity contribution is 0.0544. The molecule has 4 nitrogen and oxygen atoms in total. The van der Waals surface area contributed by atoms with E-state index in [-0.39, 0.29) is 11.7 Å². The van der Waals surface area contributed by atoms with Gasteiger partial charge in [0.25, 0.3) is 0 Å². The molecular weight excluding hydrogens is 336 g/mol. The monoisotopic (exact) mass is 356 g/mol. The highest BCUT2D eigenvalue weighted by molar-refractivity contribution is 9.10. The van der Waals surface area contributed by atoms with Gasteiger partial charge in [-0.05, 0) is 54.8 Å². The summed E-state index contributed by atoms with van der Waals surface area (Å²) in [5.74, 6) is 1.46. The summed E-state index contributed by atoms with van der Waals surface area (Å²) < 4.78 is 17.2. The maximum absolute atomic E-state index is 12.7. The topological polar surface area (TPSA) is 44.8 Å². The zero-order chi connectivity index (χ0) is 15.2. The van der Waals surface area contributed by atoms with E-state index in [9.17, 15) is 4.79 Å². The van der Waals surface area contributed by atoms with Crippen molar-refractivity contribution in [3.05, 3.63) is 22.2 Å². The number of hydrogen-bond acceptors (Lipinski definition) is 4. The maximum Gasteiger partial charge on any atom is 0.167 e. The van der Waals surface area contributed by atoms with Crippen LogP contribution in [0.25, 0.3) is 0 Å². The van der Waals surface area contributed by atoms with Gasteiger partial charge < -0.3 is 14.2 Å². The van der Waals surface area contributed by atoms with Crippen LogP contribution >= 0.6 is 15.9 Å². The number of benzene rings is 1. The van der Waals surface area contributed by atoms with Crippen molar-refractivity contribution in [3.8, 4) is 11.5 Å². The van der Waals surface area contributed by atoms with Gasteiger partial charge in [0.05, 0.1) is 13.2 Å². The van der Waals surface area contributed by atoms with Gasteiger partial charge in [-0.1, -0.05) is 0 Å². The van der Waals surface area contributed by atoms with Crippen LogP contribution in [0.3, 0.4) is 0 Å². The van der Waals surface area contributed by atoms with Crippen LogP contribution in [0.1, 0.15) is 37.0 Å². The molecule has 0 radical (unpaired) electrons. The van der Waals surface area contributed by atoms with E-state index in [0.29, 0.717) is 43.5 Å². The predicted octanol–water partition coefficient (Wildman–Crippen LogP) is 3.86. The Kier molecular flexibility index (Phi) is 6.06. The minimum atomic E-state index is 0.0301. The Morgan fingerprint density at radius 3 is 2.33 bits per heavy atom. The molecule has 21 heavy (non-hydrogen) atoms. The molecule has 0 bridgehead atoms. The molecule has 0 aromatic heterocycles. The standard InChI is InChI=1S/C16H21BrO4/c1-3-20-14-9-12(13(17)10-15(14)21-4-2)16(18)11-5-7-19-8-6-11/h9-11H,3-8H2,1-2H3. The lowest BCUT2D eigenvalue weighted by Gasteiger charge is -2.22. The summed E-state index contributed by atoms with van der Waals surface area (Å²) in [6.07, 6.45) is 1.56. The molecule has 2 rings (SSSR count). The first-order valence-electron chi connectivity index (χ1n) is 7.38. The summed E-state index contributed by atoms with van der Waals surface area (Å²) >= 11 is 3.48. The fourth-order valence-electron chi connectivity index (χ4n) is 2.44. The third-order valence-corrected chi connectivity index (χ3v) is 4.15. The average molecular weight is 357 g/mol. The Labute approximate surface area is 133 Å². The highest BCUT2D eigenvalue weighted by atomic mass is 79.9. The zero-order valence-electron chi connectivity index (χ0n) is 12.5. The maximum atomic E-state index is 12.7. The second-order valence-electron chi connectivity index (χ2n) is 4.90. The van der Waals surface area contributed by atoms with Crippen molar-refractivity contribution in [2.24, 2.45) is 5.92 Å². The summed E-state index contributed by atoms with van der Waals surface area (Å²) in [7, 11) is 0. The van der Waals surface area contributed by atoms with Crippen LogP contribution in [0.2, 0.25) is 0 Å². The van der Waals surface area contributed by atoms with Crippen molar-refractivity contribution in [2.75, 3.05) is 26.4 Å². The van der Waals surface area contributed by atoms with E-state index in [2.05, 4.69) is 15.9 Å². The molecule has 1 saturated heterocycles. The molecule has 0 N–H and O–H groups in total. The summed E-state index contributed by atoms with van der Waals surface area (Å²) in [6.45, 7) is 6.24. The van der Waals surface area contributed by atoms with E-state index in [1.807, 2.05) is 19.9 Å². The van der Waals surface area contributed by atoms with Crippen molar-refractivity contribution in [1.82, 2.24) is 0 Å². The summed E-state index contributed by atoms with van der Waals surface area (Å²) in [5.41, 5.74) is 0.661. The second kappa shape index (κ2) is 7.80. The van der Waals surface area contributed by atoms with Crippen LogP contribution in [0.4, 0.5) is 0 Å². The Morgan fingerprint density at radius 1 is 1.19 bits per heavy atom. The van der Waals surface area contributed by atoms with Crippen molar-refractivity contribution in [2.45, 2.75) is 26.7 Å². The molecule has 0 spiro atoms. The number of carbonyl (C=O) groups excluding carboxylic acids is 1. The highest BCUT2D eigenvalue weighted by Gasteiger charge is 2.25. The van der Waals surface area contributed by atoms with E-state index in [1.165, 1.54) is 0 Å². The summed E-state index contributed by atoms with van der Waals surface area (Å²) in [5, 5.41) is 0. The molecule has 1 aromatic carbocycles. The van der Waals surface area contributed by atoms with Gasteiger partial charge in [0.15, 0.2) is 17.3 Å². The first-order chi connectivity index (χ1) is 10.2. The number of carbonyl (C=O) groups is 1. The van der Waals surface area contributed by atoms with Gasteiger partial charge >= 0.3 is 0 Å². The van der Waals surface area contributed by atoms with Crippen LogP contribution < -0.4 is 9.47 Å². The van der Waals surface area contributed by atoms with Gasteiger partial charge in [-0.15, -0.1) is 0 Å². The lowest BCUT2D eigenvalue weighted by atomic mass is 9.91. The van der Waals surface area contributed by atoms with Crippen LogP contribution in [0.5, 0.6) is 11.5 Å². The fourth-order valence-corrected chi connectivity index (χ4v) is 2.96. The van der Waals surface area contributed by atoms with Crippen molar-refractivity contribution >= 4 is 21.7 Å². The molecule has 0 unspecified atom stereocenters. The van der Waals surface area contributed by atoms with Gasteiger partial charge in [0.2, 0.25) is 0 Å². The van der Waals surface area contributed by atoms with E-state index in [0.717, 1.165) is 17.3 Å². The third-order valence-electron chi connectivity index (χ3n) is 3.49. The highest BCUT2D eigenvalue weighted by Crippen LogP contribution is 2.36. The Bertz CT molecular complexity index is 495. The number of halogens is 1. The van der Waals surface area contributed by atoms with E-state index in [1.54, 1.807) is 6.07 Å². The zero-order valence-corrected chi connectivity index (χ0v) is 14.1. The lowest BCUT2D eigenvalue weighted by Crippen LogP contribution is -2.23. The van der Waals surface area contributed by atoms with Gasteiger partial charge in [0, 0.05) is 29.2 Å². The Balaban J connectivity index is 2.29. The molecule has 0 saturated carbocycles. The molecule has 1 fully saturated rings. The molecule has 0 amide bonds. The quantitative estimate of drug-likeness (QED) is 0.726. The molecule has 1 aliphatic heterocycles. The van der Waals surface area contributed by atoms with Crippen LogP contribution in [-0.2, 0) is 4.74 Å². The molecule has 116 valence electrons. The summed E-state index contributed by atoms with van der Waals surface area (Å²) in [6, 6.07) is 3.61. The van der Waals surface area contributed by atoms with E-state index >= 15 is 0 Å². The predicted molar refractivity (Wildman–Crippen MR) is 84.4 cm³/mol. The van der Waals surface area contributed by atoms with Gasteiger partial charge in [-0.3, -0.25) is 4.79 Å². The molecule has 1 aromatic rings.